The number of hydrogen-bond donors (Lipinski definition) is 0. The number of rotatable bonds is 2. The molecule has 4 heteroatoms. The minimum absolute atomic E-state index is 0. The van der Waals surface area contributed by atoms with Crippen LogP contribution in [-0.2, 0) is 29.8 Å². The minimum Gasteiger partial charge on any atom is -0.147 e. The average Bonchev–Trinajstić information content (AvgIpc) is 3.25. The van der Waals surface area contributed by atoms with Crippen LogP contribution in [0, 0.1) is 12.0 Å². The zero-order valence-corrected chi connectivity index (χ0v) is 25.5. The number of fused-ring (bicyclic) bond motifs is 1. The van der Waals surface area contributed by atoms with Gasteiger partial charge in [0.15, 0.2) is 0 Å². The number of benzene rings is 2. The van der Waals surface area contributed by atoms with Crippen LogP contribution >= 0.6 is 24.8 Å². The van der Waals surface area contributed by atoms with Gasteiger partial charge in [0.05, 0.1) is 0 Å². The summed E-state index contributed by atoms with van der Waals surface area (Å²) in [5.74, 6) is 0.560. The van der Waals surface area contributed by atoms with Gasteiger partial charge in [0.1, 0.15) is 0 Å². The van der Waals surface area contributed by atoms with E-state index in [-0.39, 0.29) is 30.2 Å². The third-order valence-electron chi connectivity index (χ3n) is 5.59. The first kappa shape index (κ1) is 31.2. The quantitative estimate of drug-likeness (QED) is 0.216. The molecule has 0 spiro atoms. The molecule has 0 saturated heterocycles. The summed E-state index contributed by atoms with van der Waals surface area (Å²) < 4.78 is 0. The maximum Gasteiger partial charge on any atom is -0.147 e. The minimum atomic E-state index is 0. The van der Waals surface area contributed by atoms with Gasteiger partial charge >= 0.3 is 41.9 Å². The van der Waals surface area contributed by atoms with Crippen LogP contribution in [0.15, 0.2) is 77.4 Å². The number of allylic oxidation sites excluding steroid dienone is 4. The summed E-state index contributed by atoms with van der Waals surface area (Å²) in [4.78, 5) is 0. The third-order valence-corrected chi connectivity index (χ3v) is 5.59. The average molecular weight is 563 g/mol. The van der Waals surface area contributed by atoms with Crippen LogP contribution in [0.3, 0.4) is 0 Å². The second kappa shape index (κ2) is 15.2. The monoisotopic (exact) mass is 560 g/mol. The zero-order valence-electron chi connectivity index (χ0n) is 20.4. The Balaban J connectivity index is 0.000000547. The summed E-state index contributed by atoms with van der Waals surface area (Å²) in [7, 11) is 0. The fourth-order valence-corrected chi connectivity index (χ4v) is 3.48. The molecule has 0 aromatic heterocycles. The number of hydrogen-bond acceptors (Lipinski definition) is 0. The van der Waals surface area contributed by atoms with E-state index in [1.54, 1.807) is 23.3 Å². The smallest absolute Gasteiger partial charge is 0.147 e. The fourth-order valence-electron chi connectivity index (χ4n) is 3.48. The van der Waals surface area contributed by atoms with Gasteiger partial charge in [-0.05, 0) is 12.0 Å². The van der Waals surface area contributed by atoms with Crippen molar-refractivity contribution in [2.75, 3.05) is 0 Å². The molecule has 1 aliphatic carbocycles. The van der Waals surface area contributed by atoms with E-state index in [1.807, 2.05) is 0 Å². The van der Waals surface area contributed by atoms with Crippen LogP contribution < -0.4 is 0 Å². The van der Waals surface area contributed by atoms with Crippen molar-refractivity contribution >= 4 is 41.0 Å². The van der Waals surface area contributed by atoms with E-state index in [4.69, 9.17) is 0 Å². The van der Waals surface area contributed by atoms with Gasteiger partial charge in [0.25, 0.3) is 0 Å². The molecule has 4 rings (SSSR count). The van der Waals surface area contributed by atoms with Crippen LogP contribution in [0.1, 0.15) is 40.2 Å². The first-order chi connectivity index (χ1) is 14.2. The molecule has 3 aromatic rings. The Labute approximate surface area is 223 Å². The predicted molar refractivity (Wildman–Crippen MR) is 146 cm³/mol. The molecule has 0 N–H and O–H groups in total. The molecule has 32 heavy (non-hydrogen) atoms. The van der Waals surface area contributed by atoms with Crippen molar-refractivity contribution < 1.29 is 23.3 Å². The van der Waals surface area contributed by atoms with Crippen LogP contribution in [0.25, 0.3) is 21.9 Å². The maximum atomic E-state index is 3.36. The molecule has 0 saturated carbocycles. The zero-order chi connectivity index (χ0) is 22.3. The molecular weight excluding hydrogens is 527 g/mol. The molecule has 0 radical (unpaired) electrons. The molecule has 0 aliphatic heterocycles. The van der Waals surface area contributed by atoms with Crippen molar-refractivity contribution in [2.24, 2.45) is 5.92 Å². The van der Waals surface area contributed by atoms with Crippen LogP contribution in [0.4, 0.5) is 0 Å². The van der Waals surface area contributed by atoms with E-state index >= 15 is 0 Å². The van der Waals surface area contributed by atoms with Crippen LogP contribution in [-0.4, -0.2) is 5.43 Å². The molecule has 1 atom stereocenters. The first-order valence-corrected chi connectivity index (χ1v) is 17.0. The van der Waals surface area contributed by atoms with E-state index in [0.29, 0.717) is 5.92 Å². The molecule has 1 aliphatic rings. The van der Waals surface area contributed by atoms with E-state index in [9.17, 15) is 0 Å². The molecule has 0 heterocycles. The molecule has 170 valence electrons. The summed E-state index contributed by atoms with van der Waals surface area (Å²) >= 11 is 1.74. The maximum absolute atomic E-state index is 3.36. The van der Waals surface area contributed by atoms with E-state index < -0.39 is 0 Å². The number of aryl methyl sites for hydroxylation is 1. The van der Waals surface area contributed by atoms with Crippen molar-refractivity contribution in [2.45, 2.75) is 54.1 Å². The third kappa shape index (κ3) is 8.86. The van der Waals surface area contributed by atoms with E-state index in [1.165, 1.54) is 44.2 Å². The second-order valence-electron chi connectivity index (χ2n) is 8.18. The predicted octanol–water partition coefficient (Wildman–Crippen LogP) is 9.14. The van der Waals surface area contributed by atoms with Crippen LogP contribution in [0.5, 0.6) is 0 Å². The largest absolute Gasteiger partial charge is 0.147 e. The van der Waals surface area contributed by atoms with E-state index in [0.717, 1.165) is 6.42 Å². The fraction of sp³-hybridized carbons (Fsp3) is 0.321. The van der Waals surface area contributed by atoms with Gasteiger partial charge in [0.2, 0.25) is 0 Å². The van der Waals surface area contributed by atoms with Crippen molar-refractivity contribution in [1.82, 2.24) is 0 Å². The Kier molecular flexibility index (Phi) is 14.8. The summed E-state index contributed by atoms with van der Waals surface area (Å²) in [5, 5.41) is 2.67. The molecule has 3 aromatic carbocycles. The van der Waals surface area contributed by atoms with Gasteiger partial charge in [-0.1, -0.05) is 69.5 Å². The molecule has 1 unspecified atom stereocenters. The van der Waals surface area contributed by atoms with Gasteiger partial charge < -0.3 is 0 Å². The normalized spacial score (nSPS) is 14.3. The Hall–Kier alpha value is -0.790. The van der Waals surface area contributed by atoms with Crippen LogP contribution in [0.2, 0.25) is 13.1 Å². The van der Waals surface area contributed by atoms with Gasteiger partial charge in [0, 0.05) is 0 Å². The Morgan fingerprint density at radius 3 is 1.97 bits per heavy atom. The SMILES string of the molecule is CC1=[C-]C(C)C(C)=C1C.CCc1ccc(-c2c[cH-]c3ccccc23)cc1.C[Si](C)=[Zr+2].Cl.Cl. The van der Waals surface area contributed by atoms with Crippen molar-refractivity contribution in [3.63, 3.8) is 0 Å². The van der Waals surface area contributed by atoms with Gasteiger partial charge in [-0.3, -0.25) is 6.08 Å². The summed E-state index contributed by atoms with van der Waals surface area (Å²) in [6.45, 7) is 15.5. The molecular formula is C28H36Cl2SiZr. The van der Waals surface area contributed by atoms with Gasteiger partial charge in [-0.25, -0.2) is 5.57 Å². The molecule has 0 amide bonds. The molecule has 0 bridgehead atoms. The van der Waals surface area contributed by atoms with E-state index in [2.05, 4.69) is 114 Å². The Morgan fingerprint density at radius 2 is 1.53 bits per heavy atom. The Morgan fingerprint density at radius 1 is 0.969 bits per heavy atom. The van der Waals surface area contributed by atoms with Crippen molar-refractivity contribution in [3.05, 3.63) is 89.0 Å². The molecule has 0 fully saturated rings. The second-order valence-corrected chi connectivity index (χ2v) is 17.6. The Bertz CT molecular complexity index is 1050. The van der Waals surface area contributed by atoms with Crippen molar-refractivity contribution in [3.8, 4) is 11.1 Å². The topological polar surface area (TPSA) is 0 Å². The number of halogens is 2. The molecule has 0 nitrogen and oxygen atoms in total. The van der Waals surface area contributed by atoms with Gasteiger partial charge in [-0.2, -0.15) is 11.1 Å². The van der Waals surface area contributed by atoms with Gasteiger partial charge in [-0.15, -0.1) is 78.4 Å². The first-order valence-electron chi connectivity index (χ1n) is 10.8. The standard InChI is InChI=1S/C17H15.C9H13.C2H6Si.2ClH.Zr/c1-2-13-7-9-15(10-8-13)17-12-11-14-5-3-4-6-16(14)17;1-6-5-7(2)9(4)8(6)3;1-3-2;;;/h3-12H,2H2,1H3;6H,1-4H3;1-2H3;2*1H;/q2*-1;;;;+2. The summed E-state index contributed by atoms with van der Waals surface area (Å²) in [6, 6.07) is 21.8. The summed E-state index contributed by atoms with van der Waals surface area (Å²) in [6.07, 6.45) is 4.46. The van der Waals surface area contributed by atoms with Crippen molar-refractivity contribution in [1.29, 1.82) is 0 Å². The summed E-state index contributed by atoms with van der Waals surface area (Å²) in [5.41, 5.74) is 8.49.